The third-order valence-electron chi connectivity index (χ3n) is 4.25. The Hall–Kier alpha value is -3.73. The number of carbonyl (C=O) groups excluding carboxylic acids is 1. The highest BCUT2D eigenvalue weighted by Gasteiger charge is 2.24. The van der Waals surface area contributed by atoms with Gasteiger partial charge < -0.3 is 20.5 Å². The van der Waals surface area contributed by atoms with Gasteiger partial charge in [-0.3, -0.25) is 4.79 Å². The molecule has 0 spiro atoms. The lowest BCUT2D eigenvalue weighted by molar-refractivity contribution is 0.102. The molecular weight excluding hydrogens is 328 g/mol. The van der Waals surface area contributed by atoms with E-state index in [2.05, 4.69) is 10.3 Å². The van der Waals surface area contributed by atoms with E-state index in [-0.39, 0.29) is 17.2 Å². The second-order valence-electron chi connectivity index (χ2n) is 5.95. The molecule has 0 aliphatic carbocycles. The summed E-state index contributed by atoms with van der Waals surface area (Å²) in [5, 5.41) is 25.3. The van der Waals surface area contributed by atoms with Crippen LogP contribution in [0.5, 0.6) is 11.6 Å². The van der Waals surface area contributed by atoms with Crippen LogP contribution in [-0.2, 0) is 0 Å². The van der Waals surface area contributed by atoms with Crippen molar-refractivity contribution in [1.82, 2.24) is 4.98 Å². The van der Waals surface area contributed by atoms with Crippen molar-refractivity contribution >= 4 is 22.4 Å². The van der Waals surface area contributed by atoms with Crippen molar-refractivity contribution < 1.29 is 15.0 Å². The normalized spacial score (nSPS) is 10.8. The molecule has 0 radical (unpaired) electrons. The van der Waals surface area contributed by atoms with Crippen molar-refractivity contribution in [2.45, 2.75) is 0 Å². The molecule has 0 saturated heterocycles. The largest absolute Gasteiger partial charge is 0.505 e. The molecule has 1 aromatic heterocycles. The van der Waals surface area contributed by atoms with Crippen LogP contribution in [0, 0.1) is 0 Å². The summed E-state index contributed by atoms with van der Waals surface area (Å²) in [4.78, 5) is 15.3. The molecule has 128 valence electrons. The zero-order valence-corrected chi connectivity index (χ0v) is 13.7. The number of aromatic nitrogens is 1. The van der Waals surface area contributed by atoms with Crippen LogP contribution in [0.2, 0.25) is 0 Å². The lowest BCUT2D eigenvalue weighted by Gasteiger charge is -2.06. The van der Waals surface area contributed by atoms with Crippen molar-refractivity contribution in [1.29, 1.82) is 0 Å². The van der Waals surface area contributed by atoms with E-state index in [9.17, 15) is 15.0 Å². The van der Waals surface area contributed by atoms with Gasteiger partial charge in [0.05, 0.1) is 5.69 Å². The number of hydrogen-bond donors (Lipinski definition) is 4. The predicted octanol–water partition coefficient (Wildman–Crippen LogP) is 4.50. The van der Waals surface area contributed by atoms with E-state index in [1.54, 1.807) is 18.2 Å². The topological polar surface area (TPSA) is 85.4 Å². The Bertz CT molecular complexity index is 1100. The van der Waals surface area contributed by atoms with Crippen LogP contribution in [0.4, 0.5) is 5.69 Å². The Labute approximate surface area is 149 Å². The molecule has 0 atom stereocenters. The van der Waals surface area contributed by atoms with Crippen LogP contribution >= 0.6 is 0 Å². The van der Waals surface area contributed by atoms with E-state index in [1.807, 2.05) is 54.6 Å². The Balaban J connectivity index is 1.66. The molecule has 26 heavy (non-hydrogen) atoms. The fraction of sp³-hybridized carbons (Fsp3) is 0. The average Bonchev–Trinajstić information content (AvgIpc) is 2.96. The summed E-state index contributed by atoms with van der Waals surface area (Å²) in [7, 11) is 0. The summed E-state index contributed by atoms with van der Waals surface area (Å²) in [6.45, 7) is 0. The number of benzene rings is 3. The van der Waals surface area contributed by atoms with Gasteiger partial charge in [0.1, 0.15) is 5.56 Å². The minimum atomic E-state index is -0.589. The van der Waals surface area contributed by atoms with Crippen LogP contribution in [-0.4, -0.2) is 21.1 Å². The molecule has 4 rings (SSSR count). The van der Waals surface area contributed by atoms with Gasteiger partial charge in [-0.2, -0.15) is 0 Å². The number of aromatic amines is 1. The van der Waals surface area contributed by atoms with E-state index < -0.39 is 5.91 Å². The molecule has 1 heterocycles. The van der Waals surface area contributed by atoms with Gasteiger partial charge in [-0.05, 0) is 22.9 Å². The van der Waals surface area contributed by atoms with Gasteiger partial charge in [-0.15, -0.1) is 0 Å². The highest BCUT2D eigenvalue weighted by atomic mass is 16.3. The van der Waals surface area contributed by atoms with E-state index in [0.29, 0.717) is 16.9 Å². The maximum atomic E-state index is 12.6. The average molecular weight is 344 g/mol. The molecule has 0 unspecified atom stereocenters. The molecule has 1 amide bonds. The van der Waals surface area contributed by atoms with Gasteiger partial charge in [0.25, 0.3) is 5.91 Å². The predicted molar refractivity (Wildman–Crippen MR) is 101 cm³/mol. The third kappa shape index (κ3) is 2.75. The number of nitrogens with one attached hydrogen (secondary N) is 2. The smallest absolute Gasteiger partial charge is 0.264 e. The second-order valence-corrected chi connectivity index (χ2v) is 5.95. The number of fused-ring (bicyclic) bond motifs is 1. The number of anilines is 1. The highest BCUT2D eigenvalue weighted by molar-refractivity contribution is 6.10. The van der Waals surface area contributed by atoms with Gasteiger partial charge in [0, 0.05) is 11.3 Å². The molecule has 4 aromatic rings. The van der Waals surface area contributed by atoms with Crippen molar-refractivity contribution in [2.75, 3.05) is 5.32 Å². The number of aromatic hydroxyl groups is 2. The number of amides is 1. The van der Waals surface area contributed by atoms with Crippen LogP contribution in [0.1, 0.15) is 10.4 Å². The number of hydrogen-bond acceptors (Lipinski definition) is 3. The minimum absolute atomic E-state index is 0.183. The molecule has 0 aliphatic rings. The van der Waals surface area contributed by atoms with Crippen LogP contribution < -0.4 is 5.32 Å². The first-order valence-electron chi connectivity index (χ1n) is 8.13. The van der Waals surface area contributed by atoms with Crippen molar-refractivity contribution in [2.24, 2.45) is 0 Å². The minimum Gasteiger partial charge on any atom is -0.505 e. The highest BCUT2D eigenvalue weighted by Crippen LogP contribution is 2.37. The summed E-state index contributed by atoms with van der Waals surface area (Å²) >= 11 is 0. The zero-order valence-electron chi connectivity index (χ0n) is 13.7. The van der Waals surface area contributed by atoms with Crippen LogP contribution in [0.15, 0.2) is 72.8 Å². The van der Waals surface area contributed by atoms with Crippen molar-refractivity contribution in [3.05, 3.63) is 78.4 Å². The monoisotopic (exact) mass is 344 g/mol. The van der Waals surface area contributed by atoms with E-state index in [4.69, 9.17) is 0 Å². The first-order chi connectivity index (χ1) is 12.6. The Morgan fingerprint density at radius 1 is 0.846 bits per heavy atom. The summed E-state index contributed by atoms with van der Waals surface area (Å²) < 4.78 is 0. The van der Waals surface area contributed by atoms with Crippen LogP contribution in [0.3, 0.4) is 0 Å². The molecule has 0 bridgehead atoms. The Kier molecular flexibility index (Phi) is 3.82. The molecule has 0 aliphatic heterocycles. The number of rotatable bonds is 3. The lowest BCUT2D eigenvalue weighted by atomic mass is 10.1. The fourth-order valence-electron chi connectivity index (χ4n) is 2.97. The van der Waals surface area contributed by atoms with Gasteiger partial charge in [-0.25, -0.2) is 0 Å². The Morgan fingerprint density at radius 3 is 2.31 bits per heavy atom. The van der Waals surface area contributed by atoms with Gasteiger partial charge in [0.15, 0.2) is 5.75 Å². The van der Waals surface area contributed by atoms with E-state index in [1.165, 1.54) is 0 Å². The quantitative estimate of drug-likeness (QED) is 0.441. The lowest BCUT2D eigenvalue weighted by Crippen LogP contribution is -2.11. The maximum absolute atomic E-state index is 12.6. The molecular formula is C21H16N2O3. The molecule has 0 fully saturated rings. The SMILES string of the molecule is O=C(Nc1ccc2ccccc2c1)c1c(O)[nH]c(-c2ccccc2)c1O. The summed E-state index contributed by atoms with van der Waals surface area (Å²) in [5.41, 5.74) is 1.36. The maximum Gasteiger partial charge on any atom is 0.264 e. The molecule has 4 N–H and O–H groups in total. The van der Waals surface area contributed by atoms with E-state index >= 15 is 0 Å². The first-order valence-corrected chi connectivity index (χ1v) is 8.13. The second kappa shape index (κ2) is 6.29. The summed E-state index contributed by atoms with van der Waals surface area (Å²) in [6.07, 6.45) is 0. The Morgan fingerprint density at radius 2 is 1.54 bits per heavy atom. The van der Waals surface area contributed by atoms with Gasteiger partial charge in [0.2, 0.25) is 5.88 Å². The number of H-pyrrole nitrogens is 1. The van der Waals surface area contributed by atoms with Crippen molar-refractivity contribution in [3.63, 3.8) is 0 Å². The van der Waals surface area contributed by atoms with Crippen molar-refractivity contribution in [3.8, 4) is 22.9 Å². The third-order valence-corrected chi connectivity index (χ3v) is 4.25. The molecule has 3 aromatic carbocycles. The molecule has 0 saturated carbocycles. The standard InChI is InChI=1S/C21H16N2O3/c24-19-17(21(26)23-18(19)14-7-2-1-3-8-14)20(25)22-16-11-10-13-6-4-5-9-15(13)12-16/h1-12,23-24,26H,(H,22,25). The molecule has 5 heteroatoms. The number of carbonyl (C=O) groups is 1. The zero-order chi connectivity index (χ0) is 18.1. The molecule has 5 nitrogen and oxygen atoms in total. The van der Waals surface area contributed by atoms with E-state index in [0.717, 1.165) is 10.8 Å². The first kappa shape index (κ1) is 15.8. The fourth-order valence-corrected chi connectivity index (χ4v) is 2.97. The van der Waals surface area contributed by atoms with Gasteiger partial charge in [-0.1, -0.05) is 60.7 Å². The summed E-state index contributed by atoms with van der Waals surface area (Å²) in [6, 6.07) is 22.3. The van der Waals surface area contributed by atoms with Crippen LogP contribution in [0.25, 0.3) is 22.0 Å². The van der Waals surface area contributed by atoms with Gasteiger partial charge >= 0.3 is 0 Å². The summed E-state index contributed by atoms with van der Waals surface area (Å²) in [5.74, 6) is -1.25.